The monoisotopic (exact) mass is 358 g/mol. The van der Waals surface area contributed by atoms with Crippen molar-refractivity contribution in [2.75, 3.05) is 0 Å². The summed E-state index contributed by atoms with van der Waals surface area (Å²) in [4.78, 5) is 24.8. The Morgan fingerprint density at radius 2 is 1.48 bits per heavy atom. The number of rotatable bonds is 3. The van der Waals surface area contributed by atoms with Gasteiger partial charge in [0.15, 0.2) is 0 Å². The van der Waals surface area contributed by atoms with Crippen molar-refractivity contribution in [1.29, 1.82) is 0 Å². The topological polar surface area (TPSA) is 87.7 Å². The van der Waals surface area contributed by atoms with E-state index in [2.05, 4.69) is 0 Å². The highest BCUT2D eigenvalue weighted by atomic mass is 16.4. The predicted octanol–water partition coefficient (Wildman–Crippen LogP) is 4.10. The number of fused-ring (bicyclic) bond motifs is 1. The molecule has 0 aliphatic heterocycles. The van der Waals surface area contributed by atoms with E-state index < -0.39 is 22.9 Å². The van der Waals surface area contributed by atoms with Gasteiger partial charge in [-0.25, -0.2) is 4.79 Å². The highest BCUT2D eigenvalue weighted by Gasteiger charge is 2.24. The quantitative estimate of drug-likeness (QED) is 0.425. The van der Waals surface area contributed by atoms with Gasteiger partial charge >= 0.3 is 5.63 Å². The first kappa shape index (κ1) is 16.6. The van der Waals surface area contributed by atoms with E-state index >= 15 is 0 Å². The molecule has 27 heavy (non-hydrogen) atoms. The minimum Gasteiger partial charge on any atom is -0.507 e. The number of aromatic hydroxyl groups is 2. The molecule has 0 unspecified atom stereocenters. The molecule has 5 heteroatoms. The number of phenolic OH excluding ortho intramolecular Hbond substituents is 2. The van der Waals surface area contributed by atoms with Crippen LogP contribution in [0.5, 0.6) is 11.5 Å². The molecule has 0 saturated carbocycles. The molecule has 2 N–H and O–H groups in total. The lowest BCUT2D eigenvalue weighted by atomic mass is 9.95. The molecule has 4 rings (SSSR count). The summed E-state index contributed by atoms with van der Waals surface area (Å²) >= 11 is 0. The Hall–Kier alpha value is -3.86. The Labute approximate surface area is 153 Å². The van der Waals surface area contributed by atoms with Crippen LogP contribution in [-0.2, 0) is 0 Å². The number of carbonyl (C=O) groups excluding carboxylic acids is 1. The zero-order valence-electron chi connectivity index (χ0n) is 14.0. The van der Waals surface area contributed by atoms with Gasteiger partial charge in [-0.3, -0.25) is 4.79 Å². The Balaban J connectivity index is 2.05. The summed E-state index contributed by atoms with van der Waals surface area (Å²) < 4.78 is 5.14. The summed E-state index contributed by atoms with van der Waals surface area (Å²) in [7, 11) is 0. The van der Waals surface area contributed by atoms with E-state index in [0.717, 1.165) is 0 Å². The molecule has 4 aromatic rings. The summed E-state index contributed by atoms with van der Waals surface area (Å²) in [6.45, 7) is 0. The first-order valence-electron chi connectivity index (χ1n) is 8.24. The highest BCUT2D eigenvalue weighted by Crippen LogP contribution is 2.41. The minimum atomic E-state index is -0.623. The van der Waals surface area contributed by atoms with Gasteiger partial charge in [0.25, 0.3) is 0 Å². The van der Waals surface area contributed by atoms with Crippen LogP contribution in [0.15, 0.2) is 82.0 Å². The molecule has 0 fully saturated rings. The van der Waals surface area contributed by atoms with Crippen LogP contribution in [0.3, 0.4) is 0 Å². The molecule has 0 atom stereocenters. The third-order valence-corrected chi connectivity index (χ3v) is 4.33. The second-order valence-corrected chi connectivity index (χ2v) is 6.03. The van der Waals surface area contributed by atoms with Crippen molar-refractivity contribution in [1.82, 2.24) is 0 Å². The molecule has 0 aliphatic carbocycles. The standard InChI is InChI=1S/C22H14O5/c23-16-12-17-19(15(11-18(24)27-17)13-7-3-1-4-8-13)22(26)20(16)21(25)14-9-5-2-6-10-14/h1-12,23,26H. The smallest absolute Gasteiger partial charge is 0.336 e. The number of hydrogen-bond acceptors (Lipinski definition) is 5. The van der Waals surface area contributed by atoms with E-state index in [9.17, 15) is 19.8 Å². The summed E-state index contributed by atoms with van der Waals surface area (Å²) in [5, 5.41) is 21.4. The van der Waals surface area contributed by atoms with Gasteiger partial charge in [-0.2, -0.15) is 0 Å². The predicted molar refractivity (Wildman–Crippen MR) is 101 cm³/mol. The van der Waals surface area contributed by atoms with Crippen LogP contribution in [0, 0.1) is 0 Å². The third-order valence-electron chi connectivity index (χ3n) is 4.33. The lowest BCUT2D eigenvalue weighted by Gasteiger charge is -2.12. The van der Waals surface area contributed by atoms with Gasteiger partial charge in [0, 0.05) is 23.3 Å². The summed E-state index contributed by atoms with van der Waals surface area (Å²) in [6.07, 6.45) is 0. The molecule has 0 radical (unpaired) electrons. The molecule has 0 bridgehead atoms. The lowest BCUT2D eigenvalue weighted by Crippen LogP contribution is -2.04. The Bertz CT molecular complexity index is 1210. The number of carbonyl (C=O) groups is 1. The summed E-state index contributed by atoms with van der Waals surface area (Å²) in [5.74, 6) is -1.42. The first-order chi connectivity index (χ1) is 13.1. The second-order valence-electron chi connectivity index (χ2n) is 6.03. The molecule has 5 nitrogen and oxygen atoms in total. The first-order valence-corrected chi connectivity index (χ1v) is 8.24. The highest BCUT2D eigenvalue weighted by molar-refractivity contribution is 6.16. The fourth-order valence-electron chi connectivity index (χ4n) is 3.10. The Morgan fingerprint density at radius 3 is 2.15 bits per heavy atom. The van der Waals surface area contributed by atoms with Crippen LogP contribution in [0.4, 0.5) is 0 Å². The van der Waals surface area contributed by atoms with E-state index in [1.165, 1.54) is 12.1 Å². The third kappa shape index (κ3) is 2.85. The van der Waals surface area contributed by atoms with Gasteiger partial charge in [0.05, 0.1) is 5.39 Å². The number of benzene rings is 3. The second kappa shape index (κ2) is 6.46. The van der Waals surface area contributed by atoms with Crippen molar-refractivity contribution < 1.29 is 19.4 Å². The Morgan fingerprint density at radius 1 is 0.852 bits per heavy atom. The van der Waals surface area contributed by atoms with Crippen molar-refractivity contribution in [2.45, 2.75) is 0 Å². The Kier molecular flexibility index (Phi) is 3.97. The largest absolute Gasteiger partial charge is 0.507 e. The van der Waals surface area contributed by atoms with E-state index in [4.69, 9.17) is 4.42 Å². The van der Waals surface area contributed by atoms with Crippen LogP contribution >= 0.6 is 0 Å². The van der Waals surface area contributed by atoms with Crippen LogP contribution < -0.4 is 5.63 Å². The van der Waals surface area contributed by atoms with E-state index in [-0.39, 0.29) is 16.5 Å². The molecular weight excluding hydrogens is 344 g/mol. The SMILES string of the molecule is O=C(c1ccccc1)c1c(O)cc2oc(=O)cc(-c3ccccc3)c2c1O. The van der Waals surface area contributed by atoms with Gasteiger partial charge in [0.1, 0.15) is 22.6 Å². The molecule has 0 aliphatic rings. The van der Waals surface area contributed by atoms with Crippen LogP contribution in [0.25, 0.3) is 22.1 Å². The molecule has 1 aromatic heterocycles. The molecule has 132 valence electrons. The minimum absolute atomic E-state index is 0.000893. The molecule has 0 saturated heterocycles. The molecule has 0 amide bonds. The molecule has 0 spiro atoms. The molecule has 3 aromatic carbocycles. The summed E-state index contributed by atoms with van der Waals surface area (Å²) in [6, 6.07) is 19.7. The average Bonchev–Trinajstić information content (AvgIpc) is 2.68. The van der Waals surface area contributed by atoms with Gasteiger partial charge in [0.2, 0.25) is 5.78 Å². The van der Waals surface area contributed by atoms with Gasteiger partial charge in [-0.05, 0) is 5.56 Å². The van der Waals surface area contributed by atoms with Crippen LogP contribution in [0.2, 0.25) is 0 Å². The maximum Gasteiger partial charge on any atom is 0.336 e. The maximum absolute atomic E-state index is 12.8. The van der Waals surface area contributed by atoms with Crippen molar-refractivity contribution in [3.05, 3.63) is 94.3 Å². The number of hydrogen-bond donors (Lipinski definition) is 2. The van der Waals surface area contributed by atoms with Crippen LogP contribution in [-0.4, -0.2) is 16.0 Å². The van der Waals surface area contributed by atoms with Crippen molar-refractivity contribution in [3.63, 3.8) is 0 Å². The zero-order valence-corrected chi connectivity index (χ0v) is 14.0. The van der Waals surface area contributed by atoms with E-state index in [1.54, 1.807) is 54.6 Å². The number of ketones is 1. The lowest BCUT2D eigenvalue weighted by molar-refractivity contribution is 0.103. The molecule has 1 heterocycles. The zero-order chi connectivity index (χ0) is 19.0. The summed E-state index contributed by atoms with van der Waals surface area (Å²) in [5.41, 5.74) is 0.556. The van der Waals surface area contributed by atoms with Gasteiger partial charge in [-0.1, -0.05) is 60.7 Å². The van der Waals surface area contributed by atoms with Gasteiger partial charge in [-0.15, -0.1) is 0 Å². The maximum atomic E-state index is 12.8. The normalized spacial score (nSPS) is 10.8. The van der Waals surface area contributed by atoms with E-state index in [0.29, 0.717) is 16.7 Å². The number of phenols is 2. The van der Waals surface area contributed by atoms with E-state index in [1.807, 2.05) is 6.07 Å². The fraction of sp³-hybridized carbons (Fsp3) is 0. The van der Waals surface area contributed by atoms with Crippen molar-refractivity contribution >= 4 is 16.8 Å². The van der Waals surface area contributed by atoms with Crippen molar-refractivity contribution in [3.8, 4) is 22.6 Å². The van der Waals surface area contributed by atoms with Gasteiger partial charge < -0.3 is 14.6 Å². The molecular formula is C22H14O5. The fourth-order valence-corrected chi connectivity index (χ4v) is 3.10. The average molecular weight is 358 g/mol. The van der Waals surface area contributed by atoms with Crippen LogP contribution in [0.1, 0.15) is 15.9 Å². The van der Waals surface area contributed by atoms with Crippen molar-refractivity contribution in [2.24, 2.45) is 0 Å².